The number of Topliss-reactive ketones (excluding diaryl/α,β-unsaturated/α-hetero) is 2. The Hall–Kier alpha value is -2.30. The van der Waals surface area contributed by atoms with E-state index < -0.39 is 17.7 Å². The molecule has 1 aliphatic heterocycles. The molecule has 2 rings (SSSR count). The van der Waals surface area contributed by atoms with Crippen molar-refractivity contribution in [1.82, 2.24) is 4.90 Å². The molecule has 1 aliphatic rings. The summed E-state index contributed by atoms with van der Waals surface area (Å²) < 4.78 is 0. The number of imide groups is 1. The molecule has 0 radical (unpaired) electrons. The maximum absolute atomic E-state index is 12.4. The molecule has 2 amide bonds. The third-order valence-corrected chi connectivity index (χ3v) is 3.74. The summed E-state index contributed by atoms with van der Waals surface area (Å²) in [5.41, 5.74) is 0.835. The average molecular weight is 287 g/mol. The maximum atomic E-state index is 12.4. The SMILES string of the molecule is CC(=O)C(C(C)=O)[C@@H]1CC(=O)N(Cc2ccccc2)C1=O. The fraction of sp³-hybridized carbons (Fsp3) is 0.375. The zero-order valence-electron chi connectivity index (χ0n) is 12.0. The second-order valence-corrected chi connectivity index (χ2v) is 5.31. The highest BCUT2D eigenvalue weighted by Crippen LogP contribution is 2.29. The number of carbonyl (C=O) groups excluding carboxylic acids is 4. The van der Waals surface area contributed by atoms with Gasteiger partial charge in [-0.1, -0.05) is 30.3 Å². The van der Waals surface area contributed by atoms with Crippen LogP contribution in [0.5, 0.6) is 0 Å². The summed E-state index contributed by atoms with van der Waals surface area (Å²) in [4.78, 5) is 48.7. The monoisotopic (exact) mass is 287 g/mol. The summed E-state index contributed by atoms with van der Waals surface area (Å²) in [5.74, 6) is -3.36. The minimum absolute atomic E-state index is 0.0739. The third kappa shape index (κ3) is 3.07. The highest BCUT2D eigenvalue weighted by molar-refractivity contribution is 6.10. The van der Waals surface area contributed by atoms with Crippen LogP contribution in [0.15, 0.2) is 30.3 Å². The maximum Gasteiger partial charge on any atom is 0.234 e. The Morgan fingerprint density at radius 3 is 2.24 bits per heavy atom. The Morgan fingerprint density at radius 1 is 1.14 bits per heavy atom. The van der Waals surface area contributed by atoms with E-state index in [1.165, 1.54) is 13.8 Å². The molecule has 0 N–H and O–H groups in total. The molecule has 0 unspecified atom stereocenters. The first-order valence-corrected chi connectivity index (χ1v) is 6.81. The van der Waals surface area contributed by atoms with Crippen molar-refractivity contribution in [3.05, 3.63) is 35.9 Å². The number of rotatable bonds is 5. The summed E-state index contributed by atoms with van der Waals surface area (Å²) >= 11 is 0. The van der Waals surface area contributed by atoms with Gasteiger partial charge in [-0.2, -0.15) is 0 Å². The summed E-state index contributed by atoms with van der Waals surface area (Å²) in [7, 11) is 0. The van der Waals surface area contributed by atoms with Gasteiger partial charge in [0.2, 0.25) is 11.8 Å². The Balaban J connectivity index is 2.20. The standard InChI is InChI=1S/C16H17NO4/c1-10(18)15(11(2)19)13-8-14(20)17(16(13)21)9-12-6-4-3-5-7-12/h3-7,13,15H,8-9H2,1-2H3/t13-/m0/s1. The number of hydrogen-bond acceptors (Lipinski definition) is 4. The normalized spacial score (nSPS) is 18.4. The van der Waals surface area contributed by atoms with Crippen LogP contribution >= 0.6 is 0 Å². The Kier molecular flexibility index (Phi) is 4.31. The van der Waals surface area contributed by atoms with Crippen LogP contribution in [0.2, 0.25) is 0 Å². The predicted octanol–water partition coefficient (Wildman–Crippen LogP) is 1.36. The van der Waals surface area contributed by atoms with Crippen LogP contribution in [0.1, 0.15) is 25.8 Å². The van der Waals surface area contributed by atoms with Crippen molar-refractivity contribution in [2.75, 3.05) is 0 Å². The second kappa shape index (κ2) is 5.99. The second-order valence-electron chi connectivity index (χ2n) is 5.31. The lowest BCUT2D eigenvalue weighted by Gasteiger charge is -2.18. The van der Waals surface area contributed by atoms with Crippen molar-refractivity contribution in [2.45, 2.75) is 26.8 Å². The summed E-state index contributed by atoms with van der Waals surface area (Å²) in [5, 5.41) is 0. The van der Waals surface area contributed by atoms with Crippen LogP contribution in [0.4, 0.5) is 0 Å². The van der Waals surface area contributed by atoms with E-state index in [1.807, 2.05) is 30.3 Å². The van der Waals surface area contributed by atoms with E-state index in [2.05, 4.69) is 0 Å². The number of benzene rings is 1. The van der Waals surface area contributed by atoms with E-state index in [-0.39, 0.29) is 30.4 Å². The Labute approximate surface area is 122 Å². The van der Waals surface area contributed by atoms with Gasteiger partial charge in [-0.15, -0.1) is 0 Å². The lowest BCUT2D eigenvalue weighted by Crippen LogP contribution is -2.36. The molecule has 1 aromatic rings. The van der Waals surface area contributed by atoms with Gasteiger partial charge in [0.05, 0.1) is 18.4 Å². The number of hydrogen-bond donors (Lipinski definition) is 0. The first kappa shape index (κ1) is 15.1. The van der Waals surface area contributed by atoms with Gasteiger partial charge in [-0.25, -0.2) is 0 Å². The molecule has 0 saturated carbocycles. The lowest BCUT2D eigenvalue weighted by atomic mass is 9.85. The van der Waals surface area contributed by atoms with Crippen LogP contribution in [-0.4, -0.2) is 28.3 Å². The molecule has 1 aromatic carbocycles. The Bertz CT molecular complexity index is 580. The van der Waals surface area contributed by atoms with Crippen molar-refractivity contribution in [3.63, 3.8) is 0 Å². The van der Waals surface area contributed by atoms with Crippen LogP contribution in [-0.2, 0) is 25.7 Å². The zero-order chi connectivity index (χ0) is 15.6. The molecule has 0 bridgehead atoms. The highest BCUT2D eigenvalue weighted by Gasteiger charge is 2.45. The van der Waals surface area contributed by atoms with Crippen molar-refractivity contribution in [3.8, 4) is 0 Å². The van der Waals surface area contributed by atoms with Gasteiger partial charge < -0.3 is 0 Å². The molecule has 1 heterocycles. The molecule has 110 valence electrons. The van der Waals surface area contributed by atoms with Crippen LogP contribution in [0, 0.1) is 11.8 Å². The average Bonchev–Trinajstić information content (AvgIpc) is 2.67. The van der Waals surface area contributed by atoms with E-state index >= 15 is 0 Å². The van der Waals surface area contributed by atoms with Crippen molar-refractivity contribution < 1.29 is 19.2 Å². The van der Waals surface area contributed by atoms with Crippen molar-refractivity contribution in [2.24, 2.45) is 11.8 Å². The smallest absolute Gasteiger partial charge is 0.234 e. The topological polar surface area (TPSA) is 71.5 Å². The number of carbonyl (C=O) groups is 4. The van der Waals surface area contributed by atoms with Gasteiger partial charge >= 0.3 is 0 Å². The number of likely N-dealkylation sites (tertiary alicyclic amines) is 1. The summed E-state index contributed by atoms with van der Waals surface area (Å²) in [6.45, 7) is 2.74. The lowest BCUT2D eigenvalue weighted by molar-refractivity contribution is -0.144. The van der Waals surface area contributed by atoms with Gasteiger partial charge in [0.15, 0.2) is 0 Å². The number of ketones is 2. The molecule has 1 fully saturated rings. The molecule has 5 heteroatoms. The minimum atomic E-state index is -1.01. The van der Waals surface area contributed by atoms with Crippen molar-refractivity contribution in [1.29, 1.82) is 0 Å². The van der Waals surface area contributed by atoms with Crippen LogP contribution < -0.4 is 0 Å². The highest BCUT2D eigenvalue weighted by atomic mass is 16.2. The predicted molar refractivity (Wildman–Crippen MR) is 75.0 cm³/mol. The molecular formula is C16H17NO4. The van der Waals surface area contributed by atoms with E-state index in [1.54, 1.807) is 0 Å². The van der Waals surface area contributed by atoms with E-state index in [9.17, 15) is 19.2 Å². The number of nitrogens with zero attached hydrogens (tertiary/aromatic N) is 1. The number of amides is 2. The van der Waals surface area contributed by atoms with Gasteiger partial charge in [-0.3, -0.25) is 24.1 Å². The van der Waals surface area contributed by atoms with E-state index in [0.717, 1.165) is 10.5 Å². The Morgan fingerprint density at radius 2 is 1.71 bits per heavy atom. The molecular weight excluding hydrogens is 270 g/mol. The quantitative estimate of drug-likeness (QED) is 0.605. The van der Waals surface area contributed by atoms with Crippen molar-refractivity contribution >= 4 is 23.4 Å². The molecule has 21 heavy (non-hydrogen) atoms. The molecule has 0 aliphatic carbocycles. The molecule has 1 saturated heterocycles. The van der Waals surface area contributed by atoms with Crippen LogP contribution in [0.3, 0.4) is 0 Å². The minimum Gasteiger partial charge on any atom is -0.299 e. The van der Waals surface area contributed by atoms with E-state index in [4.69, 9.17) is 0 Å². The molecule has 5 nitrogen and oxygen atoms in total. The van der Waals surface area contributed by atoms with E-state index in [0.29, 0.717) is 0 Å². The molecule has 1 atom stereocenters. The van der Waals surface area contributed by atoms with Gasteiger partial charge in [0.1, 0.15) is 11.6 Å². The summed E-state index contributed by atoms with van der Waals surface area (Å²) in [6.07, 6.45) is -0.0739. The fourth-order valence-corrected chi connectivity index (χ4v) is 2.75. The fourth-order valence-electron chi connectivity index (χ4n) is 2.75. The largest absolute Gasteiger partial charge is 0.299 e. The molecule has 0 aromatic heterocycles. The van der Waals surface area contributed by atoms with Crippen LogP contribution in [0.25, 0.3) is 0 Å². The van der Waals surface area contributed by atoms with Gasteiger partial charge in [-0.05, 0) is 19.4 Å². The zero-order valence-corrected chi connectivity index (χ0v) is 12.0. The van der Waals surface area contributed by atoms with Gasteiger partial charge in [0.25, 0.3) is 0 Å². The van der Waals surface area contributed by atoms with Gasteiger partial charge in [0, 0.05) is 6.42 Å². The molecule has 0 spiro atoms. The first-order chi connectivity index (χ1) is 9.91. The summed E-state index contributed by atoms with van der Waals surface area (Å²) in [6, 6.07) is 9.14. The first-order valence-electron chi connectivity index (χ1n) is 6.81. The third-order valence-electron chi connectivity index (χ3n) is 3.74.